The van der Waals surface area contributed by atoms with Gasteiger partial charge in [-0.3, -0.25) is 4.79 Å². The Hall–Kier alpha value is -1.20. The third-order valence-corrected chi connectivity index (χ3v) is 4.45. The molecule has 0 N–H and O–H groups in total. The molecule has 0 amide bonds. The topological polar surface area (TPSA) is 54.5 Å². The Labute approximate surface area is 115 Å². The van der Waals surface area contributed by atoms with Crippen LogP contribution in [0.25, 0.3) is 0 Å². The van der Waals surface area contributed by atoms with Crippen molar-refractivity contribution in [3.8, 4) is 0 Å². The highest BCUT2D eigenvalue weighted by molar-refractivity contribution is 7.89. The molecule has 5 heteroatoms. The number of benzene rings is 1. The molecule has 0 aliphatic heterocycles. The van der Waals surface area contributed by atoms with Crippen molar-refractivity contribution < 1.29 is 13.2 Å². The van der Waals surface area contributed by atoms with Crippen LogP contribution in [0.15, 0.2) is 29.2 Å². The van der Waals surface area contributed by atoms with Crippen LogP contribution in [0.3, 0.4) is 0 Å². The van der Waals surface area contributed by atoms with Gasteiger partial charge in [0, 0.05) is 19.2 Å². The van der Waals surface area contributed by atoms with Crippen molar-refractivity contribution in [3.05, 3.63) is 29.8 Å². The third kappa shape index (κ3) is 4.14. The van der Waals surface area contributed by atoms with Crippen LogP contribution in [0, 0.1) is 5.41 Å². The highest BCUT2D eigenvalue weighted by atomic mass is 32.2. The van der Waals surface area contributed by atoms with Crippen molar-refractivity contribution in [3.63, 3.8) is 0 Å². The molecule has 0 saturated heterocycles. The first-order chi connectivity index (χ1) is 8.54. The quantitative estimate of drug-likeness (QED) is 0.798. The molecule has 0 atom stereocenters. The minimum Gasteiger partial charge on any atom is -0.295 e. The average Bonchev–Trinajstić information content (AvgIpc) is 2.26. The number of nitrogens with zero attached hydrogens (tertiary/aromatic N) is 1. The van der Waals surface area contributed by atoms with Gasteiger partial charge in [-0.15, -0.1) is 0 Å². The Morgan fingerprint density at radius 2 is 1.84 bits per heavy atom. The minimum atomic E-state index is -3.55. The summed E-state index contributed by atoms with van der Waals surface area (Å²) >= 11 is 0. The lowest BCUT2D eigenvalue weighted by molar-refractivity contribution is 0.101. The summed E-state index contributed by atoms with van der Waals surface area (Å²) in [5.41, 5.74) is 0.283. The molecular weight excluding hydrogens is 262 g/mol. The zero-order valence-electron chi connectivity index (χ0n) is 12.1. The number of rotatable bonds is 4. The van der Waals surface area contributed by atoms with Gasteiger partial charge < -0.3 is 0 Å². The molecule has 1 aromatic carbocycles. The molecule has 0 aliphatic rings. The van der Waals surface area contributed by atoms with Gasteiger partial charge >= 0.3 is 0 Å². The maximum absolute atomic E-state index is 12.4. The van der Waals surface area contributed by atoms with Crippen LogP contribution >= 0.6 is 0 Å². The van der Waals surface area contributed by atoms with Gasteiger partial charge in [0.1, 0.15) is 0 Å². The van der Waals surface area contributed by atoms with Crippen LogP contribution in [0.5, 0.6) is 0 Å². The first-order valence-electron chi connectivity index (χ1n) is 6.11. The predicted molar refractivity (Wildman–Crippen MR) is 75.7 cm³/mol. The summed E-state index contributed by atoms with van der Waals surface area (Å²) in [6, 6.07) is 6.15. The number of sulfonamides is 1. The highest BCUT2D eigenvalue weighted by Gasteiger charge is 2.25. The molecule has 1 rings (SSSR count). The molecule has 0 radical (unpaired) electrons. The summed E-state index contributed by atoms with van der Waals surface area (Å²) in [5.74, 6) is -0.143. The van der Waals surface area contributed by atoms with Gasteiger partial charge in [-0.25, -0.2) is 12.7 Å². The van der Waals surface area contributed by atoms with Gasteiger partial charge in [0.2, 0.25) is 10.0 Å². The molecule has 0 aliphatic carbocycles. The second kappa shape index (κ2) is 5.43. The number of carbonyl (C=O) groups excluding carboxylic acids is 1. The van der Waals surface area contributed by atoms with Crippen LogP contribution in [-0.4, -0.2) is 32.1 Å². The molecule has 0 aromatic heterocycles. The fraction of sp³-hybridized carbons (Fsp3) is 0.500. The van der Waals surface area contributed by atoms with Gasteiger partial charge in [-0.05, 0) is 24.5 Å². The molecule has 0 fully saturated rings. The van der Waals surface area contributed by atoms with Crippen LogP contribution in [0.1, 0.15) is 38.1 Å². The molecular formula is C14H21NO3S. The fourth-order valence-electron chi connectivity index (χ4n) is 1.81. The van der Waals surface area contributed by atoms with E-state index in [1.165, 1.54) is 23.4 Å². The first kappa shape index (κ1) is 15.9. The Bertz CT molecular complexity index is 571. The van der Waals surface area contributed by atoms with E-state index in [4.69, 9.17) is 0 Å². The van der Waals surface area contributed by atoms with Crippen LogP contribution in [0.2, 0.25) is 0 Å². The second-order valence-corrected chi connectivity index (χ2v) is 7.95. The van der Waals surface area contributed by atoms with Crippen molar-refractivity contribution in [1.82, 2.24) is 4.31 Å². The van der Waals surface area contributed by atoms with E-state index in [-0.39, 0.29) is 16.1 Å². The monoisotopic (exact) mass is 283 g/mol. The second-order valence-electron chi connectivity index (χ2n) is 5.91. The summed E-state index contributed by atoms with van der Waals surface area (Å²) < 4.78 is 26.1. The molecule has 0 unspecified atom stereocenters. The van der Waals surface area contributed by atoms with E-state index in [0.29, 0.717) is 12.1 Å². The summed E-state index contributed by atoms with van der Waals surface area (Å²) in [5, 5.41) is 0. The molecule has 106 valence electrons. The number of carbonyl (C=O) groups is 1. The van der Waals surface area contributed by atoms with E-state index in [2.05, 4.69) is 0 Å². The smallest absolute Gasteiger partial charge is 0.242 e. The highest BCUT2D eigenvalue weighted by Crippen LogP contribution is 2.21. The SMILES string of the molecule is CC(=O)c1cccc(S(=O)(=O)N(C)CC(C)(C)C)c1. The summed E-state index contributed by atoms with van der Waals surface area (Å²) in [6.07, 6.45) is 0. The van der Waals surface area contributed by atoms with Gasteiger partial charge in [0.05, 0.1) is 4.90 Å². The van der Waals surface area contributed by atoms with Crippen molar-refractivity contribution in [2.24, 2.45) is 5.41 Å². The lowest BCUT2D eigenvalue weighted by Gasteiger charge is -2.26. The number of ketones is 1. The van der Waals surface area contributed by atoms with Gasteiger partial charge in [-0.2, -0.15) is 0 Å². The average molecular weight is 283 g/mol. The van der Waals surface area contributed by atoms with Crippen molar-refractivity contribution in [1.29, 1.82) is 0 Å². The summed E-state index contributed by atoms with van der Waals surface area (Å²) in [4.78, 5) is 11.5. The zero-order chi connectivity index (χ0) is 14.8. The summed E-state index contributed by atoms with van der Waals surface area (Å²) in [7, 11) is -1.99. The standard InChI is InChI=1S/C14H21NO3S/c1-11(16)12-7-6-8-13(9-12)19(17,18)15(5)10-14(2,3)4/h6-9H,10H2,1-5H3. The molecule has 0 bridgehead atoms. The molecule has 0 heterocycles. The van der Waals surface area contributed by atoms with Gasteiger partial charge in [0.25, 0.3) is 0 Å². The summed E-state index contributed by atoms with van der Waals surface area (Å²) in [6.45, 7) is 7.77. The molecule has 4 nitrogen and oxygen atoms in total. The van der Waals surface area contributed by atoms with E-state index < -0.39 is 10.0 Å². The van der Waals surface area contributed by atoms with E-state index >= 15 is 0 Å². The molecule has 19 heavy (non-hydrogen) atoms. The largest absolute Gasteiger partial charge is 0.295 e. The normalized spacial score (nSPS) is 12.7. The van der Waals surface area contributed by atoms with Crippen LogP contribution in [0.4, 0.5) is 0 Å². The lowest BCUT2D eigenvalue weighted by atomic mass is 9.97. The van der Waals surface area contributed by atoms with Crippen LogP contribution < -0.4 is 0 Å². The minimum absolute atomic E-state index is 0.125. The predicted octanol–water partition coefficient (Wildman–Crippen LogP) is 2.56. The zero-order valence-corrected chi connectivity index (χ0v) is 12.9. The Kier molecular flexibility index (Phi) is 4.53. The van der Waals surface area contributed by atoms with Crippen LogP contribution in [-0.2, 0) is 10.0 Å². The molecule has 0 spiro atoms. The van der Waals surface area contributed by atoms with Crippen molar-refractivity contribution in [2.75, 3.05) is 13.6 Å². The van der Waals surface area contributed by atoms with E-state index in [1.54, 1.807) is 19.2 Å². The number of Topliss-reactive ketones (excluding diaryl/α,β-unsaturated/α-hetero) is 1. The Balaban J connectivity index is 3.13. The fourth-order valence-corrected chi connectivity index (χ4v) is 3.25. The molecule has 0 saturated carbocycles. The maximum atomic E-state index is 12.4. The van der Waals surface area contributed by atoms with E-state index in [0.717, 1.165) is 0 Å². The van der Waals surface area contributed by atoms with E-state index in [9.17, 15) is 13.2 Å². The lowest BCUT2D eigenvalue weighted by Crippen LogP contribution is -2.34. The first-order valence-corrected chi connectivity index (χ1v) is 7.55. The van der Waals surface area contributed by atoms with Gasteiger partial charge in [-0.1, -0.05) is 32.9 Å². The van der Waals surface area contributed by atoms with E-state index in [1.807, 2.05) is 20.8 Å². The third-order valence-electron chi connectivity index (χ3n) is 2.65. The maximum Gasteiger partial charge on any atom is 0.242 e. The Morgan fingerprint density at radius 3 is 2.32 bits per heavy atom. The van der Waals surface area contributed by atoms with Crippen molar-refractivity contribution in [2.45, 2.75) is 32.6 Å². The Morgan fingerprint density at radius 1 is 1.26 bits per heavy atom. The molecule has 1 aromatic rings. The number of hydrogen-bond acceptors (Lipinski definition) is 3. The van der Waals surface area contributed by atoms with Crippen molar-refractivity contribution >= 4 is 15.8 Å². The van der Waals surface area contributed by atoms with Gasteiger partial charge in [0.15, 0.2) is 5.78 Å². The number of hydrogen-bond donors (Lipinski definition) is 0.